The number of carbonyl (C=O) groups excluding carboxylic acids is 1. The van der Waals surface area contributed by atoms with Gasteiger partial charge in [0.1, 0.15) is 0 Å². The molecule has 2 nitrogen and oxygen atoms in total. The van der Waals surface area contributed by atoms with Gasteiger partial charge in [0.2, 0.25) is 0 Å². The van der Waals surface area contributed by atoms with Crippen LogP contribution in [-0.4, -0.2) is 12.5 Å². The van der Waals surface area contributed by atoms with Crippen molar-refractivity contribution in [3.8, 4) is 0 Å². The molecule has 0 heterocycles. The van der Waals surface area contributed by atoms with E-state index in [2.05, 4.69) is 5.32 Å². The van der Waals surface area contributed by atoms with Crippen molar-refractivity contribution in [3.63, 3.8) is 0 Å². The average Bonchev–Trinajstić information content (AvgIpc) is 2.46. The monoisotopic (exact) mass is 287 g/mol. The van der Waals surface area contributed by atoms with Gasteiger partial charge in [0, 0.05) is 17.1 Å². The second-order valence-electron chi connectivity index (χ2n) is 4.85. The van der Waals surface area contributed by atoms with Gasteiger partial charge in [0.15, 0.2) is 0 Å². The predicted octanol–water partition coefficient (Wildman–Crippen LogP) is 4.01. The summed E-state index contributed by atoms with van der Waals surface area (Å²) in [5.41, 5.74) is 3.10. The van der Waals surface area contributed by atoms with Gasteiger partial charge in [0.25, 0.3) is 5.91 Å². The molecular formula is C17H18ClNO. The standard InChI is InChI=1S/C17H18ClNO/c1-13-4-8-15(9-5-13)17(20)19-12-2-3-14-6-10-16(18)11-7-14/h4-11H,2-3,12H2,1H3,(H,19,20). The van der Waals surface area contributed by atoms with Gasteiger partial charge in [-0.3, -0.25) is 4.79 Å². The SMILES string of the molecule is Cc1ccc(C(=O)NCCCc2ccc(Cl)cc2)cc1. The fraction of sp³-hybridized carbons (Fsp3) is 0.235. The largest absolute Gasteiger partial charge is 0.352 e. The van der Waals surface area contributed by atoms with Crippen LogP contribution in [-0.2, 0) is 6.42 Å². The van der Waals surface area contributed by atoms with Gasteiger partial charge in [-0.05, 0) is 49.6 Å². The van der Waals surface area contributed by atoms with Gasteiger partial charge >= 0.3 is 0 Å². The summed E-state index contributed by atoms with van der Waals surface area (Å²) in [7, 11) is 0. The summed E-state index contributed by atoms with van der Waals surface area (Å²) in [4.78, 5) is 11.9. The molecule has 0 saturated carbocycles. The maximum absolute atomic E-state index is 11.9. The third-order valence-electron chi connectivity index (χ3n) is 3.15. The van der Waals surface area contributed by atoms with E-state index in [1.807, 2.05) is 55.5 Å². The maximum atomic E-state index is 11.9. The van der Waals surface area contributed by atoms with Crippen LogP contribution in [0, 0.1) is 6.92 Å². The Hall–Kier alpha value is -1.80. The molecule has 0 aliphatic heterocycles. The summed E-state index contributed by atoms with van der Waals surface area (Å²) in [6, 6.07) is 15.4. The highest BCUT2D eigenvalue weighted by atomic mass is 35.5. The van der Waals surface area contributed by atoms with Crippen LogP contribution < -0.4 is 5.32 Å². The van der Waals surface area contributed by atoms with E-state index in [9.17, 15) is 4.79 Å². The lowest BCUT2D eigenvalue weighted by molar-refractivity contribution is 0.0953. The van der Waals surface area contributed by atoms with Gasteiger partial charge in [-0.15, -0.1) is 0 Å². The zero-order valence-corrected chi connectivity index (χ0v) is 12.3. The van der Waals surface area contributed by atoms with Crippen LogP contribution in [0.5, 0.6) is 0 Å². The highest BCUT2D eigenvalue weighted by Crippen LogP contribution is 2.10. The van der Waals surface area contributed by atoms with Crippen LogP contribution in [0.15, 0.2) is 48.5 Å². The van der Waals surface area contributed by atoms with Crippen molar-refractivity contribution in [1.82, 2.24) is 5.32 Å². The minimum absolute atomic E-state index is 0.0129. The molecule has 0 saturated heterocycles. The van der Waals surface area contributed by atoms with E-state index in [1.54, 1.807) is 0 Å². The lowest BCUT2D eigenvalue weighted by atomic mass is 10.1. The summed E-state index contributed by atoms with van der Waals surface area (Å²) in [5, 5.41) is 3.69. The second-order valence-corrected chi connectivity index (χ2v) is 5.29. The summed E-state index contributed by atoms with van der Waals surface area (Å²) in [6.07, 6.45) is 1.85. The van der Waals surface area contributed by atoms with Crippen molar-refractivity contribution in [1.29, 1.82) is 0 Å². The minimum Gasteiger partial charge on any atom is -0.352 e. The molecule has 2 rings (SSSR count). The van der Waals surface area contributed by atoms with E-state index >= 15 is 0 Å². The molecule has 0 bridgehead atoms. The number of benzene rings is 2. The first-order chi connectivity index (χ1) is 9.65. The van der Waals surface area contributed by atoms with Crippen molar-refractivity contribution in [2.75, 3.05) is 6.54 Å². The number of carbonyl (C=O) groups is 1. The van der Waals surface area contributed by atoms with E-state index < -0.39 is 0 Å². The van der Waals surface area contributed by atoms with E-state index in [0.29, 0.717) is 12.1 Å². The normalized spacial score (nSPS) is 10.3. The van der Waals surface area contributed by atoms with Crippen LogP contribution in [0.4, 0.5) is 0 Å². The van der Waals surface area contributed by atoms with Crippen molar-refractivity contribution in [2.24, 2.45) is 0 Å². The molecule has 1 amide bonds. The summed E-state index contributed by atoms with van der Waals surface area (Å²) in [6.45, 7) is 2.68. The van der Waals surface area contributed by atoms with Crippen LogP contribution >= 0.6 is 11.6 Å². The van der Waals surface area contributed by atoms with Crippen molar-refractivity contribution >= 4 is 17.5 Å². The number of nitrogens with one attached hydrogen (secondary N) is 1. The maximum Gasteiger partial charge on any atom is 0.251 e. The van der Waals surface area contributed by atoms with Gasteiger partial charge in [-0.25, -0.2) is 0 Å². The van der Waals surface area contributed by atoms with Crippen molar-refractivity contribution in [2.45, 2.75) is 19.8 Å². The predicted molar refractivity (Wildman–Crippen MR) is 83.3 cm³/mol. The van der Waals surface area contributed by atoms with Crippen LogP contribution in [0.1, 0.15) is 27.9 Å². The first kappa shape index (κ1) is 14.6. The third-order valence-corrected chi connectivity index (χ3v) is 3.41. The number of amides is 1. The quantitative estimate of drug-likeness (QED) is 0.827. The zero-order valence-electron chi connectivity index (χ0n) is 11.5. The van der Waals surface area contributed by atoms with E-state index in [0.717, 1.165) is 23.4 Å². The molecule has 1 N–H and O–H groups in total. The Morgan fingerprint density at radius 2 is 1.70 bits per heavy atom. The van der Waals surface area contributed by atoms with Crippen LogP contribution in [0.2, 0.25) is 5.02 Å². The number of halogens is 1. The molecule has 0 radical (unpaired) electrons. The molecule has 104 valence electrons. The molecule has 0 atom stereocenters. The number of rotatable bonds is 5. The summed E-state index contributed by atoms with van der Waals surface area (Å²) in [5.74, 6) is -0.0129. The number of hydrogen-bond acceptors (Lipinski definition) is 1. The Morgan fingerprint density at radius 3 is 2.35 bits per heavy atom. The summed E-state index contributed by atoms with van der Waals surface area (Å²) >= 11 is 5.84. The molecular weight excluding hydrogens is 270 g/mol. The van der Waals surface area contributed by atoms with Gasteiger partial charge in [-0.2, -0.15) is 0 Å². The van der Waals surface area contributed by atoms with Crippen LogP contribution in [0.3, 0.4) is 0 Å². The third kappa shape index (κ3) is 4.39. The molecule has 2 aromatic carbocycles. The van der Waals surface area contributed by atoms with E-state index in [-0.39, 0.29) is 5.91 Å². The summed E-state index contributed by atoms with van der Waals surface area (Å²) < 4.78 is 0. The van der Waals surface area contributed by atoms with Gasteiger partial charge in [-0.1, -0.05) is 41.4 Å². The first-order valence-corrected chi connectivity index (χ1v) is 7.12. The number of hydrogen-bond donors (Lipinski definition) is 1. The highest BCUT2D eigenvalue weighted by Gasteiger charge is 2.03. The highest BCUT2D eigenvalue weighted by molar-refractivity contribution is 6.30. The molecule has 0 fully saturated rings. The fourth-order valence-corrected chi connectivity index (χ4v) is 2.08. The average molecular weight is 288 g/mol. The van der Waals surface area contributed by atoms with E-state index in [4.69, 9.17) is 11.6 Å². The Balaban J connectivity index is 1.74. The van der Waals surface area contributed by atoms with E-state index in [1.165, 1.54) is 5.56 Å². The molecule has 0 unspecified atom stereocenters. The number of aryl methyl sites for hydroxylation is 2. The second kappa shape index (κ2) is 7.11. The lowest BCUT2D eigenvalue weighted by Crippen LogP contribution is -2.24. The van der Waals surface area contributed by atoms with Gasteiger partial charge < -0.3 is 5.32 Å². The Kier molecular flexibility index (Phi) is 5.19. The Bertz CT molecular complexity index is 561. The molecule has 0 aliphatic carbocycles. The molecule has 0 aromatic heterocycles. The topological polar surface area (TPSA) is 29.1 Å². The lowest BCUT2D eigenvalue weighted by Gasteiger charge is -2.06. The smallest absolute Gasteiger partial charge is 0.251 e. The molecule has 0 aliphatic rings. The Labute approximate surface area is 124 Å². The van der Waals surface area contributed by atoms with Crippen LogP contribution in [0.25, 0.3) is 0 Å². The fourth-order valence-electron chi connectivity index (χ4n) is 1.95. The molecule has 20 heavy (non-hydrogen) atoms. The Morgan fingerprint density at radius 1 is 1.05 bits per heavy atom. The molecule has 3 heteroatoms. The zero-order chi connectivity index (χ0) is 14.4. The van der Waals surface area contributed by atoms with Crippen molar-refractivity contribution < 1.29 is 4.79 Å². The minimum atomic E-state index is -0.0129. The van der Waals surface area contributed by atoms with Crippen molar-refractivity contribution in [3.05, 3.63) is 70.2 Å². The molecule has 2 aromatic rings. The molecule has 0 spiro atoms. The van der Waals surface area contributed by atoms with Gasteiger partial charge in [0.05, 0.1) is 0 Å². The first-order valence-electron chi connectivity index (χ1n) is 6.74.